The molecule has 0 aliphatic heterocycles. The molecule has 3 aromatic heterocycles. The average Bonchev–Trinajstić information content (AvgIpc) is 3.83. The summed E-state index contributed by atoms with van der Waals surface area (Å²) in [5.41, 5.74) is 7.73. The van der Waals surface area contributed by atoms with E-state index in [0.29, 0.717) is 23.5 Å². The maximum Gasteiger partial charge on any atom is 0.257 e. The molecule has 8 aromatic carbocycles. The largest absolute Gasteiger partial charge is 0.355 e. The molecule has 11 rings (SSSR count). The summed E-state index contributed by atoms with van der Waals surface area (Å²) in [6.45, 7) is 4.53. The zero-order chi connectivity index (χ0) is 40.2. The van der Waals surface area contributed by atoms with Crippen molar-refractivity contribution < 1.29 is 0 Å². The first kappa shape index (κ1) is 35.7. The number of aromatic nitrogens is 5. The average molecular weight is 788 g/mol. The van der Waals surface area contributed by atoms with E-state index in [0.717, 1.165) is 27.5 Å². The highest BCUT2D eigenvalue weighted by Crippen LogP contribution is 2.36. The van der Waals surface area contributed by atoms with Crippen LogP contribution in [0.3, 0.4) is 0 Å². The molecular weight excluding hydrogens is 747 g/mol. The van der Waals surface area contributed by atoms with E-state index in [4.69, 9.17) is 15.0 Å². The summed E-state index contributed by atoms with van der Waals surface area (Å²) in [6, 6.07) is 74.8. The fraction of sp³-hybridized carbons (Fsp3) is 0.0556. The van der Waals surface area contributed by atoms with Gasteiger partial charge in [-0.05, 0) is 57.4 Å². The Balaban J connectivity index is 1.27. The van der Waals surface area contributed by atoms with Crippen LogP contribution in [0.15, 0.2) is 206 Å². The van der Waals surface area contributed by atoms with Crippen molar-refractivity contribution in [3.8, 4) is 28.7 Å². The number of nitrogens with zero attached hydrogens (tertiary/aromatic N) is 5. The van der Waals surface area contributed by atoms with Gasteiger partial charge in [0.1, 0.15) is 0 Å². The van der Waals surface area contributed by atoms with E-state index in [1.54, 1.807) is 0 Å². The van der Waals surface area contributed by atoms with Crippen molar-refractivity contribution in [3.63, 3.8) is 0 Å². The van der Waals surface area contributed by atoms with E-state index in [1.807, 2.05) is 36.4 Å². The molecule has 0 spiro atoms. The van der Waals surface area contributed by atoms with E-state index >= 15 is 0 Å². The van der Waals surface area contributed by atoms with Crippen LogP contribution in [0.2, 0.25) is 0 Å². The minimum atomic E-state index is -3.13. The first-order chi connectivity index (χ1) is 29.6. The van der Waals surface area contributed by atoms with Crippen molar-refractivity contribution >= 4 is 67.4 Å². The monoisotopic (exact) mass is 787 g/mol. The molecule has 3 heterocycles. The van der Waals surface area contributed by atoms with E-state index in [-0.39, 0.29) is 0 Å². The minimum absolute atomic E-state index is 0.349. The van der Waals surface area contributed by atoms with Crippen molar-refractivity contribution in [1.82, 2.24) is 23.8 Å². The number of hydrogen-bond acceptors (Lipinski definition) is 3. The van der Waals surface area contributed by atoms with Gasteiger partial charge in [-0.15, -0.1) is 0 Å². The first-order valence-electron chi connectivity index (χ1n) is 20.7. The van der Waals surface area contributed by atoms with Crippen molar-refractivity contribution in [2.75, 3.05) is 0 Å². The molecule has 0 N–H and O–H groups in total. The summed E-state index contributed by atoms with van der Waals surface area (Å²) in [5.74, 6) is 2.21. The maximum atomic E-state index is 5.25. The van der Waals surface area contributed by atoms with Crippen LogP contribution in [0.1, 0.15) is 25.3 Å². The number of para-hydroxylation sites is 2. The second-order valence-electron chi connectivity index (χ2n) is 15.8. The van der Waals surface area contributed by atoms with Crippen LogP contribution in [-0.4, -0.2) is 32.0 Å². The maximum absolute atomic E-state index is 5.25. The normalized spacial score (nSPS) is 12.0. The summed E-state index contributed by atoms with van der Waals surface area (Å²) in [5, 5.41) is 8.77. The Kier molecular flexibility index (Phi) is 8.60. The fourth-order valence-corrected chi connectivity index (χ4v) is 14.2. The second-order valence-corrected chi connectivity index (χ2v) is 19.4. The Morgan fingerprint density at radius 3 is 1.35 bits per heavy atom. The van der Waals surface area contributed by atoms with Gasteiger partial charge in [0.25, 0.3) is 8.24 Å². The molecule has 0 unspecified atom stereocenters. The molecule has 11 aromatic rings. The highest BCUT2D eigenvalue weighted by Gasteiger charge is 2.44. The van der Waals surface area contributed by atoms with Crippen molar-refractivity contribution in [1.29, 1.82) is 0 Å². The highest BCUT2D eigenvalue weighted by atomic mass is 28.3. The summed E-state index contributed by atoms with van der Waals surface area (Å²) in [7, 11) is -3.13. The third kappa shape index (κ3) is 5.63. The first-order valence-corrected chi connectivity index (χ1v) is 22.6. The van der Waals surface area contributed by atoms with E-state index < -0.39 is 8.24 Å². The van der Waals surface area contributed by atoms with E-state index in [2.05, 4.69) is 193 Å². The molecule has 0 saturated carbocycles. The van der Waals surface area contributed by atoms with Crippen LogP contribution in [0, 0.1) is 0 Å². The standard InChI is InChI=1S/C54H41N5Si/c1-37(2)40-31-33-48-46(35-40)47-36-43(32-34-49(47)58(48)54-56-52(38-19-7-3-8-20-38)55-53(57-54)39-21-9-4-10-22-39)60(41-23-11-5-12-24-41,42-25-13-6-14-26-42)59-50-29-17-15-27-44(50)45-28-16-18-30-51(45)59/h3-37H,1-2H3. The molecule has 0 fully saturated rings. The van der Waals surface area contributed by atoms with Gasteiger partial charge in [0.15, 0.2) is 11.6 Å². The molecule has 0 aliphatic rings. The molecule has 5 nitrogen and oxygen atoms in total. The zero-order valence-electron chi connectivity index (χ0n) is 33.4. The van der Waals surface area contributed by atoms with Gasteiger partial charge < -0.3 is 4.23 Å². The van der Waals surface area contributed by atoms with Crippen LogP contribution < -0.4 is 15.6 Å². The van der Waals surface area contributed by atoms with Gasteiger partial charge in [0, 0.05) is 43.7 Å². The molecular formula is C54H41N5Si. The Morgan fingerprint density at radius 1 is 0.383 bits per heavy atom. The minimum Gasteiger partial charge on any atom is -0.355 e. The van der Waals surface area contributed by atoms with Gasteiger partial charge in [0.05, 0.1) is 11.0 Å². The Hall–Kier alpha value is -7.41. The van der Waals surface area contributed by atoms with Crippen LogP contribution >= 0.6 is 0 Å². The molecule has 0 saturated heterocycles. The van der Waals surface area contributed by atoms with Crippen molar-refractivity contribution in [2.45, 2.75) is 19.8 Å². The summed E-state index contributed by atoms with van der Waals surface area (Å²) in [4.78, 5) is 15.5. The lowest BCUT2D eigenvalue weighted by atomic mass is 10.0. The van der Waals surface area contributed by atoms with Crippen LogP contribution in [-0.2, 0) is 0 Å². The predicted octanol–water partition coefficient (Wildman–Crippen LogP) is 11.0. The molecule has 0 atom stereocenters. The molecule has 6 heteroatoms. The molecule has 0 radical (unpaired) electrons. The lowest BCUT2D eigenvalue weighted by Gasteiger charge is -2.36. The third-order valence-corrected chi connectivity index (χ3v) is 16.7. The van der Waals surface area contributed by atoms with Gasteiger partial charge in [-0.3, -0.25) is 4.57 Å². The predicted molar refractivity (Wildman–Crippen MR) is 252 cm³/mol. The van der Waals surface area contributed by atoms with Gasteiger partial charge in [-0.1, -0.05) is 190 Å². The van der Waals surface area contributed by atoms with Crippen molar-refractivity contribution in [2.24, 2.45) is 0 Å². The second kappa shape index (κ2) is 14.4. The third-order valence-electron chi connectivity index (χ3n) is 12.1. The highest BCUT2D eigenvalue weighted by molar-refractivity contribution is 7.11. The topological polar surface area (TPSA) is 48.5 Å². The molecule has 286 valence electrons. The number of fused-ring (bicyclic) bond motifs is 6. The quantitative estimate of drug-likeness (QED) is 0.114. The lowest BCUT2D eigenvalue weighted by molar-refractivity contribution is 0.868. The molecule has 0 aliphatic carbocycles. The number of hydrogen-bond donors (Lipinski definition) is 0. The number of rotatable bonds is 8. The van der Waals surface area contributed by atoms with Crippen molar-refractivity contribution in [3.05, 3.63) is 212 Å². The Morgan fingerprint density at radius 2 is 0.833 bits per heavy atom. The van der Waals surface area contributed by atoms with E-state index in [9.17, 15) is 0 Å². The molecule has 0 amide bonds. The Labute approximate surface area is 350 Å². The van der Waals surface area contributed by atoms with Crippen LogP contribution in [0.5, 0.6) is 0 Å². The SMILES string of the molecule is CC(C)c1ccc2c(c1)c1cc([Si](c3ccccc3)(c3ccccc3)n3c4ccccc4c4ccccc43)ccc1n2-c1nc(-c2ccccc2)nc(-c2ccccc2)n1. The molecule has 0 bridgehead atoms. The lowest BCUT2D eigenvalue weighted by Crippen LogP contribution is -2.72. The van der Waals surface area contributed by atoms with Crippen LogP contribution in [0.4, 0.5) is 0 Å². The Bertz CT molecular complexity index is 3190. The summed E-state index contributed by atoms with van der Waals surface area (Å²) >= 11 is 0. The molecule has 60 heavy (non-hydrogen) atoms. The number of benzene rings is 8. The van der Waals surface area contributed by atoms with Gasteiger partial charge in [0.2, 0.25) is 5.95 Å². The summed E-state index contributed by atoms with van der Waals surface area (Å²) < 4.78 is 4.96. The zero-order valence-corrected chi connectivity index (χ0v) is 34.4. The van der Waals surface area contributed by atoms with E-state index in [1.165, 1.54) is 48.3 Å². The van der Waals surface area contributed by atoms with Crippen LogP contribution in [0.25, 0.3) is 72.3 Å². The fourth-order valence-electron chi connectivity index (χ4n) is 9.27. The van der Waals surface area contributed by atoms with Gasteiger partial charge in [-0.25, -0.2) is 4.98 Å². The smallest absolute Gasteiger partial charge is 0.257 e. The summed E-state index contributed by atoms with van der Waals surface area (Å²) in [6.07, 6.45) is 0. The van der Waals surface area contributed by atoms with Gasteiger partial charge >= 0.3 is 0 Å². The van der Waals surface area contributed by atoms with Gasteiger partial charge in [-0.2, -0.15) is 9.97 Å².